The molecule has 132 valence electrons. The molecule has 1 aliphatic heterocycles. The Balaban J connectivity index is 1.62. The average Bonchev–Trinajstić information content (AvgIpc) is 2.62. The molecular formula is C18H27N3O3. The summed E-state index contributed by atoms with van der Waals surface area (Å²) in [6.07, 6.45) is 1.98. The number of ether oxygens (including phenoxy) is 1. The van der Waals surface area contributed by atoms with Crippen molar-refractivity contribution < 1.29 is 14.3 Å². The van der Waals surface area contributed by atoms with Crippen LogP contribution in [0, 0.1) is 0 Å². The Kier molecular flexibility index (Phi) is 7.71. The maximum absolute atomic E-state index is 11.4. The van der Waals surface area contributed by atoms with Gasteiger partial charge in [-0.1, -0.05) is 30.3 Å². The number of nitrogens with zero attached hydrogens (tertiary/aromatic N) is 1. The Hall–Kier alpha value is -1.92. The first-order valence-electron chi connectivity index (χ1n) is 8.65. The number of nitrogens with one attached hydrogen (secondary N) is 2. The fourth-order valence-corrected chi connectivity index (χ4v) is 2.76. The molecule has 0 unspecified atom stereocenters. The summed E-state index contributed by atoms with van der Waals surface area (Å²) in [5.41, 5.74) is 1.22. The van der Waals surface area contributed by atoms with E-state index in [1.54, 1.807) is 6.92 Å². The third kappa shape index (κ3) is 5.94. The number of morpholine rings is 1. The van der Waals surface area contributed by atoms with E-state index >= 15 is 0 Å². The molecule has 1 fully saturated rings. The summed E-state index contributed by atoms with van der Waals surface area (Å²) in [4.78, 5) is 25.1. The van der Waals surface area contributed by atoms with Crippen molar-refractivity contribution in [3.8, 4) is 0 Å². The van der Waals surface area contributed by atoms with Gasteiger partial charge in [0.2, 0.25) is 0 Å². The van der Waals surface area contributed by atoms with Crippen LogP contribution in [0.5, 0.6) is 0 Å². The van der Waals surface area contributed by atoms with E-state index in [1.165, 1.54) is 5.56 Å². The van der Waals surface area contributed by atoms with Gasteiger partial charge in [0.15, 0.2) is 0 Å². The molecule has 2 amide bonds. The van der Waals surface area contributed by atoms with Gasteiger partial charge in [-0.25, -0.2) is 0 Å². The third-order valence-corrected chi connectivity index (χ3v) is 4.05. The van der Waals surface area contributed by atoms with E-state index in [0.717, 1.165) is 39.1 Å². The topological polar surface area (TPSA) is 70.7 Å². The Morgan fingerprint density at radius 3 is 2.67 bits per heavy atom. The summed E-state index contributed by atoms with van der Waals surface area (Å²) in [7, 11) is 0. The van der Waals surface area contributed by atoms with Crippen LogP contribution in [0.4, 0.5) is 0 Å². The number of benzene rings is 1. The van der Waals surface area contributed by atoms with Gasteiger partial charge >= 0.3 is 11.8 Å². The minimum atomic E-state index is -0.559. The molecule has 1 heterocycles. The molecule has 2 N–H and O–H groups in total. The predicted molar refractivity (Wildman–Crippen MR) is 92.5 cm³/mol. The van der Waals surface area contributed by atoms with Crippen molar-refractivity contribution in [2.24, 2.45) is 0 Å². The van der Waals surface area contributed by atoms with Crippen molar-refractivity contribution in [1.29, 1.82) is 0 Å². The molecule has 1 aromatic carbocycles. The Morgan fingerprint density at radius 2 is 1.92 bits per heavy atom. The van der Waals surface area contributed by atoms with Gasteiger partial charge in [-0.2, -0.15) is 0 Å². The van der Waals surface area contributed by atoms with Gasteiger partial charge in [-0.3, -0.25) is 14.5 Å². The molecule has 0 radical (unpaired) electrons. The predicted octanol–water partition coefficient (Wildman–Crippen LogP) is 1.09. The molecule has 0 aromatic heterocycles. The normalized spacial score (nSPS) is 18.1. The van der Waals surface area contributed by atoms with Crippen LogP contribution < -0.4 is 10.6 Å². The van der Waals surface area contributed by atoms with Crippen LogP contribution in [-0.4, -0.2) is 56.0 Å². The van der Waals surface area contributed by atoms with E-state index in [4.69, 9.17) is 4.74 Å². The van der Waals surface area contributed by atoms with E-state index in [1.807, 2.05) is 18.2 Å². The van der Waals surface area contributed by atoms with Crippen LogP contribution in [0.25, 0.3) is 0 Å². The quantitative estimate of drug-likeness (QED) is 0.579. The SMILES string of the molecule is CCNC(=O)C(=O)NCCCCN1CCO[C@H](c2ccccc2)C1. The Bertz CT molecular complexity index is 522. The molecule has 0 saturated carbocycles. The number of amides is 2. The number of hydrogen-bond donors (Lipinski definition) is 2. The number of unbranched alkanes of at least 4 members (excludes halogenated alkanes) is 1. The first kappa shape index (κ1) is 18.4. The summed E-state index contributed by atoms with van der Waals surface area (Å²) < 4.78 is 5.86. The van der Waals surface area contributed by atoms with Crippen molar-refractivity contribution in [1.82, 2.24) is 15.5 Å². The number of carbonyl (C=O) groups is 2. The Labute approximate surface area is 143 Å². The standard InChI is InChI=1S/C18H27N3O3/c1-2-19-17(22)18(23)20-10-6-7-11-21-12-13-24-16(14-21)15-8-4-3-5-9-15/h3-5,8-9,16H,2,6-7,10-14H2,1H3,(H,19,22)(H,20,23)/t16-/m0/s1. The zero-order valence-corrected chi connectivity index (χ0v) is 14.3. The van der Waals surface area contributed by atoms with Gasteiger partial charge in [0, 0.05) is 26.2 Å². The molecule has 0 bridgehead atoms. The maximum atomic E-state index is 11.4. The van der Waals surface area contributed by atoms with Gasteiger partial charge in [0.1, 0.15) is 0 Å². The second kappa shape index (κ2) is 10.1. The van der Waals surface area contributed by atoms with Crippen molar-refractivity contribution in [3.05, 3.63) is 35.9 Å². The smallest absolute Gasteiger partial charge is 0.309 e. The highest BCUT2D eigenvalue weighted by molar-refractivity contribution is 6.35. The van der Waals surface area contributed by atoms with Gasteiger partial charge in [0.05, 0.1) is 12.7 Å². The number of hydrogen-bond acceptors (Lipinski definition) is 4. The van der Waals surface area contributed by atoms with Crippen molar-refractivity contribution in [2.75, 3.05) is 39.3 Å². The van der Waals surface area contributed by atoms with Crippen molar-refractivity contribution in [3.63, 3.8) is 0 Å². The Morgan fingerprint density at radius 1 is 1.17 bits per heavy atom. The molecule has 6 heteroatoms. The molecule has 1 aliphatic rings. The van der Waals surface area contributed by atoms with Gasteiger partial charge in [-0.15, -0.1) is 0 Å². The summed E-state index contributed by atoms with van der Waals surface area (Å²) in [5, 5.41) is 5.13. The number of likely N-dealkylation sites (N-methyl/N-ethyl adjacent to an activating group) is 1. The highest BCUT2D eigenvalue weighted by Crippen LogP contribution is 2.21. The highest BCUT2D eigenvalue weighted by atomic mass is 16.5. The van der Waals surface area contributed by atoms with E-state index in [-0.39, 0.29) is 6.10 Å². The minimum Gasteiger partial charge on any atom is -0.371 e. The molecule has 0 spiro atoms. The monoisotopic (exact) mass is 333 g/mol. The van der Waals surface area contributed by atoms with Crippen LogP contribution in [0.1, 0.15) is 31.4 Å². The van der Waals surface area contributed by atoms with E-state index in [9.17, 15) is 9.59 Å². The minimum absolute atomic E-state index is 0.136. The largest absolute Gasteiger partial charge is 0.371 e. The van der Waals surface area contributed by atoms with Crippen LogP contribution >= 0.6 is 0 Å². The molecule has 6 nitrogen and oxygen atoms in total. The molecule has 24 heavy (non-hydrogen) atoms. The van der Waals surface area contributed by atoms with Crippen molar-refractivity contribution >= 4 is 11.8 Å². The molecule has 1 aromatic rings. The summed E-state index contributed by atoms with van der Waals surface area (Å²) in [6, 6.07) is 10.3. The third-order valence-electron chi connectivity index (χ3n) is 4.05. The zero-order chi connectivity index (χ0) is 17.2. The number of rotatable bonds is 7. The average molecular weight is 333 g/mol. The lowest BCUT2D eigenvalue weighted by Gasteiger charge is -2.33. The fraction of sp³-hybridized carbons (Fsp3) is 0.556. The maximum Gasteiger partial charge on any atom is 0.309 e. The van der Waals surface area contributed by atoms with Crippen LogP contribution in [0.3, 0.4) is 0 Å². The summed E-state index contributed by atoms with van der Waals surface area (Å²) in [5.74, 6) is -1.11. The lowest BCUT2D eigenvalue weighted by Crippen LogP contribution is -2.40. The van der Waals surface area contributed by atoms with Gasteiger partial charge in [-0.05, 0) is 31.9 Å². The summed E-state index contributed by atoms with van der Waals surface area (Å²) in [6.45, 7) is 6.34. The van der Waals surface area contributed by atoms with E-state index < -0.39 is 11.8 Å². The van der Waals surface area contributed by atoms with E-state index in [0.29, 0.717) is 13.1 Å². The van der Waals surface area contributed by atoms with Crippen LogP contribution in [0.15, 0.2) is 30.3 Å². The summed E-state index contributed by atoms with van der Waals surface area (Å²) >= 11 is 0. The first-order valence-corrected chi connectivity index (χ1v) is 8.65. The molecule has 2 rings (SSSR count). The van der Waals surface area contributed by atoms with Crippen molar-refractivity contribution in [2.45, 2.75) is 25.9 Å². The molecule has 0 aliphatic carbocycles. The lowest BCUT2D eigenvalue weighted by molar-refractivity contribution is -0.139. The number of carbonyl (C=O) groups excluding carboxylic acids is 2. The molecule has 1 atom stereocenters. The first-order chi connectivity index (χ1) is 11.7. The van der Waals surface area contributed by atoms with Crippen LogP contribution in [0.2, 0.25) is 0 Å². The molecular weight excluding hydrogens is 306 g/mol. The molecule has 1 saturated heterocycles. The van der Waals surface area contributed by atoms with Gasteiger partial charge < -0.3 is 15.4 Å². The fourth-order valence-electron chi connectivity index (χ4n) is 2.76. The second-order valence-corrected chi connectivity index (χ2v) is 5.89. The zero-order valence-electron chi connectivity index (χ0n) is 14.3. The van der Waals surface area contributed by atoms with Crippen LogP contribution in [-0.2, 0) is 14.3 Å². The lowest BCUT2D eigenvalue weighted by atomic mass is 10.1. The second-order valence-electron chi connectivity index (χ2n) is 5.89. The highest BCUT2D eigenvalue weighted by Gasteiger charge is 2.21. The van der Waals surface area contributed by atoms with Gasteiger partial charge in [0.25, 0.3) is 0 Å². The van der Waals surface area contributed by atoms with E-state index in [2.05, 4.69) is 27.7 Å².